The maximum atomic E-state index is 12.9. The predicted octanol–water partition coefficient (Wildman–Crippen LogP) is 3.10. The van der Waals surface area contributed by atoms with Crippen molar-refractivity contribution in [2.24, 2.45) is 0 Å². The number of amides is 4. The normalized spacial score (nSPS) is 19.6. The van der Waals surface area contributed by atoms with Crippen molar-refractivity contribution in [2.75, 3.05) is 13.7 Å². The first-order valence-electron chi connectivity index (χ1n) is 8.87. The van der Waals surface area contributed by atoms with Gasteiger partial charge < -0.3 is 9.47 Å². The van der Waals surface area contributed by atoms with Crippen LogP contribution in [0.4, 0.5) is 4.79 Å². The summed E-state index contributed by atoms with van der Waals surface area (Å²) < 4.78 is 11.8. The van der Waals surface area contributed by atoms with E-state index in [1.54, 1.807) is 19.2 Å². The van der Waals surface area contributed by atoms with Gasteiger partial charge in [-0.2, -0.15) is 0 Å². The summed E-state index contributed by atoms with van der Waals surface area (Å²) in [5.41, 5.74) is 0.577. The Hall–Kier alpha value is -2.10. The topological polar surface area (TPSA) is 84.9 Å². The fraction of sp³-hybridized carbons (Fsp3) is 0.421. The number of benzene rings is 1. The van der Waals surface area contributed by atoms with Gasteiger partial charge in [-0.25, -0.2) is 4.79 Å². The molecule has 0 radical (unpaired) electrons. The fourth-order valence-corrected chi connectivity index (χ4v) is 4.31. The highest BCUT2D eigenvalue weighted by Gasteiger charge is 2.40. The number of methoxy groups -OCH3 is 1. The largest absolute Gasteiger partial charge is 0.492 e. The second-order valence-corrected chi connectivity index (χ2v) is 7.56. The Morgan fingerprint density at radius 2 is 1.96 bits per heavy atom. The molecule has 0 spiro atoms. The zero-order chi connectivity index (χ0) is 19.6. The molecule has 0 unspecified atom stereocenters. The summed E-state index contributed by atoms with van der Waals surface area (Å²) in [6, 6.07) is 2.73. The standard InChI is InChI=1S/C19H21IN2O5/c1-3-27-15-10-11(9-14(20)16(15)26-2)8-13-17(23)21-19(25)22(18(13)24)12-6-4-5-7-12/h8-10,12H,3-7H2,1-2H3,(H,21,23,25)/b13-8+. The molecule has 0 aromatic heterocycles. The molecule has 1 aromatic carbocycles. The minimum atomic E-state index is -0.678. The van der Waals surface area contributed by atoms with Gasteiger partial charge in [-0.15, -0.1) is 0 Å². The molecular formula is C19H21IN2O5. The average Bonchev–Trinajstić information content (AvgIpc) is 3.13. The van der Waals surface area contributed by atoms with E-state index in [-0.39, 0.29) is 11.6 Å². The molecular weight excluding hydrogens is 463 g/mol. The summed E-state index contributed by atoms with van der Waals surface area (Å²) in [7, 11) is 1.56. The number of nitrogens with zero attached hydrogens (tertiary/aromatic N) is 1. The van der Waals surface area contributed by atoms with Gasteiger partial charge in [-0.3, -0.25) is 19.8 Å². The second-order valence-electron chi connectivity index (χ2n) is 6.40. The van der Waals surface area contributed by atoms with E-state index in [9.17, 15) is 14.4 Å². The number of halogens is 1. The molecule has 7 nitrogen and oxygen atoms in total. The summed E-state index contributed by atoms with van der Waals surface area (Å²) >= 11 is 2.11. The van der Waals surface area contributed by atoms with Gasteiger partial charge in [-0.05, 0) is 66.1 Å². The molecule has 4 amide bonds. The third kappa shape index (κ3) is 3.95. The third-order valence-corrected chi connectivity index (χ3v) is 5.47. The van der Waals surface area contributed by atoms with Crippen LogP contribution in [0.5, 0.6) is 11.5 Å². The van der Waals surface area contributed by atoms with E-state index in [4.69, 9.17) is 9.47 Å². The molecule has 3 rings (SSSR count). The number of carbonyl (C=O) groups excluding carboxylic acids is 3. The van der Waals surface area contributed by atoms with Gasteiger partial charge in [0.15, 0.2) is 11.5 Å². The van der Waals surface area contributed by atoms with Gasteiger partial charge in [0.05, 0.1) is 17.3 Å². The van der Waals surface area contributed by atoms with Gasteiger partial charge in [0.1, 0.15) is 5.57 Å². The summed E-state index contributed by atoms with van der Waals surface area (Å²) in [5.74, 6) is -0.0876. The SMILES string of the molecule is CCOc1cc(/C=C2\C(=O)NC(=O)N(C3CCCC3)C2=O)cc(I)c1OC. The second kappa shape index (κ2) is 8.28. The van der Waals surface area contributed by atoms with Crippen LogP contribution >= 0.6 is 22.6 Å². The summed E-state index contributed by atoms with van der Waals surface area (Å²) in [6.07, 6.45) is 4.99. The van der Waals surface area contributed by atoms with Crippen molar-refractivity contribution in [2.45, 2.75) is 38.6 Å². The van der Waals surface area contributed by atoms with Crippen LogP contribution in [0.2, 0.25) is 0 Å². The number of nitrogens with one attached hydrogen (secondary N) is 1. The van der Waals surface area contributed by atoms with Crippen LogP contribution in [0.25, 0.3) is 6.08 Å². The number of hydrogen-bond donors (Lipinski definition) is 1. The minimum Gasteiger partial charge on any atom is -0.492 e. The highest BCUT2D eigenvalue weighted by Crippen LogP contribution is 2.35. The van der Waals surface area contributed by atoms with Crippen molar-refractivity contribution in [1.82, 2.24) is 10.2 Å². The van der Waals surface area contributed by atoms with Crippen molar-refractivity contribution in [3.05, 3.63) is 26.8 Å². The molecule has 1 saturated carbocycles. The van der Waals surface area contributed by atoms with Crippen molar-refractivity contribution < 1.29 is 23.9 Å². The smallest absolute Gasteiger partial charge is 0.331 e. The molecule has 0 bridgehead atoms. The minimum absolute atomic E-state index is 0.0510. The molecule has 1 aliphatic heterocycles. The Kier molecular flexibility index (Phi) is 6.03. The van der Waals surface area contributed by atoms with Gasteiger partial charge >= 0.3 is 6.03 Å². The molecule has 1 aromatic rings. The molecule has 1 heterocycles. The van der Waals surface area contributed by atoms with E-state index < -0.39 is 17.8 Å². The Bertz CT molecular complexity index is 815. The molecule has 2 aliphatic rings. The highest BCUT2D eigenvalue weighted by molar-refractivity contribution is 14.1. The van der Waals surface area contributed by atoms with Crippen molar-refractivity contribution in [1.29, 1.82) is 0 Å². The summed E-state index contributed by atoms with van der Waals surface area (Å²) in [4.78, 5) is 38.5. The third-order valence-electron chi connectivity index (χ3n) is 4.67. The molecule has 1 aliphatic carbocycles. The summed E-state index contributed by atoms with van der Waals surface area (Å²) in [6.45, 7) is 2.32. The first kappa shape index (κ1) is 19.7. The van der Waals surface area contributed by atoms with E-state index in [0.29, 0.717) is 23.7 Å². The van der Waals surface area contributed by atoms with E-state index >= 15 is 0 Å². The number of urea groups is 1. The number of rotatable bonds is 5. The lowest BCUT2D eigenvalue weighted by Gasteiger charge is -2.31. The molecule has 144 valence electrons. The van der Waals surface area contributed by atoms with Crippen LogP contribution in [-0.2, 0) is 9.59 Å². The number of barbiturate groups is 1. The number of ether oxygens (including phenoxy) is 2. The fourth-order valence-electron chi connectivity index (χ4n) is 3.46. The van der Waals surface area contributed by atoms with E-state index in [2.05, 4.69) is 27.9 Å². The molecule has 8 heteroatoms. The molecule has 2 fully saturated rings. The first-order chi connectivity index (χ1) is 13.0. The first-order valence-corrected chi connectivity index (χ1v) is 9.95. The Balaban J connectivity index is 1.98. The predicted molar refractivity (Wildman–Crippen MR) is 107 cm³/mol. The van der Waals surface area contributed by atoms with E-state index in [0.717, 1.165) is 29.3 Å². The maximum absolute atomic E-state index is 12.9. The van der Waals surface area contributed by atoms with Crippen LogP contribution in [-0.4, -0.2) is 42.5 Å². The van der Waals surface area contributed by atoms with Gasteiger partial charge in [0.25, 0.3) is 11.8 Å². The van der Waals surface area contributed by atoms with Gasteiger partial charge in [-0.1, -0.05) is 12.8 Å². The lowest BCUT2D eigenvalue weighted by Crippen LogP contribution is -2.57. The van der Waals surface area contributed by atoms with Crippen LogP contribution in [0.15, 0.2) is 17.7 Å². The zero-order valence-electron chi connectivity index (χ0n) is 15.2. The number of imide groups is 2. The molecule has 1 N–H and O–H groups in total. The van der Waals surface area contributed by atoms with E-state index in [1.807, 2.05) is 6.92 Å². The van der Waals surface area contributed by atoms with Gasteiger partial charge in [0.2, 0.25) is 0 Å². The summed E-state index contributed by atoms with van der Waals surface area (Å²) in [5, 5.41) is 2.29. The van der Waals surface area contributed by atoms with Crippen LogP contribution in [0, 0.1) is 3.57 Å². The van der Waals surface area contributed by atoms with Crippen LogP contribution in [0.1, 0.15) is 38.2 Å². The quantitative estimate of drug-likeness (QED) is 0.395. The Morgan fingerprint density at radius 1 is 1.26 bits per heavy atom. The van der Waals surface area contributed by atoms with Crippen LogP contribution < -0.4 is 14.8 Å². The average molecular weight is 484 g/mol. The highest BCUT2D eigenvalue weighted by atomic mass is 127. The lowest BCUT2D eigenvalue weighted by atomic mass is 10.0. The van der Waals surface area contributed by atoms with Crippen molar-refractivity contribution >= 4 is 46.5 Å². The Morgan fingerprint density at radius 3 is 2.59 bits per heavy atom. The maximum Gasteiger partial charge on any atom is 0.331 e. The molecule has 0 atom stereocenters. The van der Waals surface area contributed by atoms with Gasteiger partial charge in [0, 0.05) is 6.04 Å². The van der Waals surface area contributed by atoms with Crippen LogP contribution in [0.3, 0.4) is 0 Å². The Labute approximate surface area is 171 Å². The number of carbonyl (C=O) groups is 3. The molecule has 27 heavy (non-hydrogen) atoms. The zero-order valence-corrected chi connectivity index (χ0v) is 17.4. The lowest BCUT2D eigenvalue weighted by molar-refractivity contribution is -0.131. The number of hydrogen-bond acceptors (Lipinski definition) is 5. The monoisotopic (exact) mass is 484 g/mol. The van der Waals surface area contributed by atoms with Crippen molar-refractivity contribution in [3.63, 3.8) is 0 Å². The molecule has 1 saturated heterocycles. The van der Waals surface area contributed by atoms with E-state index in [1.165, 1.54) is 11.0 Å². The van der Waals surface area contributed by atoms with Crippen molar-refractivity contribution in [3.8, 4) is 11.5 Å².